The van der Waals surface area contributed by atoms with Gasteiger partial charge in [-0.3, -0.25) is 0 Å². The average Bonchev–Trinajstić information content (AvgIpc) is 3.62. The van der Waals surface area contributed by atoms with Crippen LogP contribution in [0.5, 0.6) is 0 Å². The van der Waals surface area contributed by atoms with Gasteiger partial charge in [0.2, 0.25) is 0 Å². The summed E-state index contributed by atoms with van der Waals surface area (Å²) in [5.74, 6) is 0. The van der Waals surface area contributed by atoms with Crippen molar-refractivity contribution in [1.29, 1.82) is 0 Å². The van der Waals surface area contributed by atoms with Crippen molar-refractivity contribution in [3.05, 3.63) is 161 Å². The Labute approximate surface area is 285 Å². The van der Waals surface area contributed by atoms with Crippen molar-refractivity contribution >= 4 is 30.0 Å². The van der Waals surface area contributed by atoms with Gasteiger partial charge in [0.05, 0.1) is 0 Å². The van der Waals surface area contributed by atoms with Crippen LogP contribution in [-0.2, 0) is 31.2 Å². The van der Waals surface area contributed by atoms with Crippen molar-refractivity contribution in [2.75, 3.05) is 0 Å². The first kappa shape index (κ1) is 34.7. The van der Waals surface area contributed by atoms with E-state index in [0.29, 0.717) is 0 Å². The first-order chi connectivity index (χ1) is 20.6. The van der Waals surface area contributed by atoms with Gasteiger partial charge in [-0.05, 0) is 0 Å². The molecule has 0 bridgehead atoms. The predicted octanol–water partition coefficient (Wildman–Crippen LogP) is 3.07. The van der Waals surface area contributed by atoms with Gasteiger partial charge >= 0.3 is 263 Å². The van der Waals surface area contributed by atoms with E-state index < -0.39 is 28.4 Å². The Morgan fingerprint density at radius 3 is 1.23 bits per heavy atom. The Kier molecular flexibility index (Phi) is 12.5. The Morgan fingerprint density at radius 2 is 0.886 bits per heavy atom. The molecule has 0 nitrogen and oxygen atoms in total. The maximum Gasteiger partial charge on any atom is -1.00 e. The smallest absolute Gasteiger partial charge is 1.00 e. The Morgan fingerprint density at radius 1 is 0.523 bits per heavy atom. The summed E-state index contributed by atoms with van der Waals surface area (Å²) in [6.45, 7) is 9.37. The molecule has 0 unspecified atom stereocenters. The second kappa shape index (κ2) is 15.9. The molecule has 4 aromatic carbocycles. The third-order valence-corrected chi connectivity index (χ3v) is 52.9. The Bertz CT molecular complexity index is 1630. The molecule has 0 aromatic heterocycles. The van der Waals surface area contributed by atoms with Gasteiger partial charge in [-0.2, -0.15) is 0 Å². The molecule has 0 saturated carbocycles. The van der Waals surface area contributed by atoms with Crippen molar-refractivity contribution in [3.63, 3.8) is 0 Å². The minimum absolute atomic E-state index is 0. The molecule has 0 aliphatic heterocycles. The topological polar surface area (TPSA) is 0 Å². The maximum atomic E-state index is 2.56. The second-order valence-electron chi connectivity index (χ2n) is 11.4. The zero-order valence-corrected chi connectivity index (χ0v) is 33.3. The summed E-state index contributed by atoms with van der Waals surface area (Å²) < 4.78 is 6.99. The molecule has 222 valence electrons. The van der Waals surface area contributed by atoms with E-state index in [2.05, 4.69) is 149 Å². The summed E-state index contributed by atoms with van der Waals surface area (Å²) in [7, 11) is -1.88. The number of hydrogen-bond donors (Lipinski definition) is 0. The summed E-state index contributed by atoms with van der Waals surface area (Å²) in [6.07, 6.45) is 9.56. The summed E-state index contributed by atoms with van der Waals surface area (Å²) >= 11 is -2.63. The summed E-state index contributed by atoms with van der Waals surface area (Å²) in [6, 6.07) is 42.0. The molecular formula is C40H40Cl2GeHf. The fourth-order valence-electron chi connectivity index (χ4n) is 6.58. The van der Waals surface area contributed by atoms with Crippen molar-refractivity contribution in [2.45, 2.75) is 53.4 Å². The van der Waals surface area contributed by atoms with Crippen molar-refractivity contribution in [3.8, 4) is 0 Å². The van der Waals surface area contributed by atoms with E-state index in [1.54, 1.807) is 19.9 Å². The van der Waals surface area contributed by atoms with E-state index in [4.69, 9.17) is 0 Å². The molecule has 0 N–H and O–H groups in total. The molecule has 44 heavy (non-hydrogen) atoms. The van der Waals surface area contributed by atoms with Gasteiger partial charge in [-0.1, -0.05) is 0 Å². The fourth-order valence-corrected chi connectivity index (χ4v) is 57.4. The largest absolute Gasteiger partial charge is 1.00 e. The summed E-state index contributed by atoms with van der Waals surface area (Å²) in [5, 5.41) is 0. The minimum Gasteiger partial charge on any atom is -1.00 e. The minimum atomic E-state index is -2.63. The number of allylic oxidation sites excluding steroid dienone is 8. The quantitative estimate of drug-likeness (QED) is 0.240. The molecule has 2 aliphatic carbocycles. The van der Waals surface area contributed by atoms with Gasteiger partial charge in [0.15, 0.2) is 0 Å². The van der Waals surface area contributed by atoms with Crippen LogP contribution in [0.25, 0.3) is 11.1 Å². The molecule has 0 saturated heterocycles. The van der Waals surface area contributed by atoms with Crippen LogP contribution in [-0.4, -0.2) is 10.1 Å². The third-order valence-electron chi connectivity index (χ3n) is 9.06. The van der Waals surface area contributed by atoms with Crippen molar-refractivity contribution in [1.82, 2.24) is 0 Å². The van der Waals surface area contributed by atoms with E-state index in [0.717, 1.165) is 25.7 Å². The molecule has 0 amide bonds. The molecule has 2 aliphatic rings. The van der Waals surface area contributed by atoms with Crippen LogP contribution in [0.3, 0.4) is 0 Å². The molecule has 0 heterocycles. The van der Waals surface area contributed by atoms with Gasteiger partial charge in [0, 0.05) is 0 Å². The van der Waals surface area contributed by atoms with Gasteiger partial charge < -0.3 is 24.8 Å². The van der Waals surface area contributed by atoms with Gasteiger partial charge in [0.25, 0.3) is 0 Å². The zero-order chi connectivity index (χ0) is 29.1. The van der Waals surface area contributed by atoms with Crippen molar-refractivity contribution in [2.24, 2.45) is 0 Å². The molecule has 0 radical (unpaired) electrons. The van der Waals surface area contributed by atoms with Crippen molar-refractivity contribution < 1.29 is 43.2 Å². The zero-order valence-electron chi connectivity index (χ0n) is 26.1. The number of halogens is 2. The normalized spacial score (nSPS) is 13.9. The van der Waals surface area contributed by atoms with Gasteiger partial charge in [-0.15, -0.1) is 0 Å². The standard InChI is InChI=1S/2C14H15.C12H10Ge.2ClH.Hf/c2*1-3-12-7-9-13(10-8-12)14-6-4-5-11(14)2;1-3-7-11(8-4-1)13-12-9-5-2-6-10-12;;;/h2*6-10H,3-4H2,1-2H3;1-10H;2*1H;/q;;;;;+2/p-2. The molecule has 4 heteroatoms. The predicted molar refractivity (Wildman–Crippen MR) is 180 cm³/mol. The van der Waals surface area contributed by atoms with Gasteiger partial charge in [0.1, 0.15) is 0 Å². The van der Waals surface area contributed by atoms with Gasteiger partial charge in [-0.25, -0.2) is 0 Å². The monoisotopic (exact) mass is 844 g/mol. The second-order valence-corrected chi connectivity index (χ2v) is 40.4. The fraction of sp³-hybridized carbons (Fsp3) is 0.200. The summed E-state index contributed by atoms with van der Waals surface area (Å²) in [5.41, 5.74) is 11.7. The van der Waals surface area contributed by atoms with E-state index in [9.17, 15) is 0 Å². The van der Waals surface area contributed by atoms with E-state index >= 15 is 0 Å². The van der Waals surface area contributed by atoms with Crippen LogP contribution in [0, 0.1) is 0 Å². The van der Waals surface area contributed by atoms with E-state index in [1.807, 2.05) is 6.66 Å². The molecular weight excluding hydrogens is 802 g/mol. The van der Waals surface area contributed by atoms with Crippen LogP contribution >= 0.6 is 0 Å². The SMILES string of the molecule is CCc1ccc(C2=CC[C]([Hf+2]([C]3=C(C)C(c4ccc(CC)cc4)=CC3)=[Ge]([c]3ccccc3)[c]3ccccc3)=C2C)cc1.[Cl-].[Cl-]. The first-order valence-corrected chi connectivity index (χ1v) is 31.5. The third kappa shape index (κ3) is 7.12. The summed E-state index contributed by atoms with van der Waals surface area (Å²) in [4.78, 5) is 0. The Hall–Kier alpha value is -2.17. The first-order valence-electron chi connectivity index (χ1n) is 15.4. The number of aryl methyl sites for hydroxylation is 2. The molecule has 4 aromatic rings. The number of benzene rings is 4. The van der Waals surface area contributed by atoms with Crippen LogP contribution in [0.1, 0.15) is 62.8 Å². The van der Waals surface area contributed by atoms with Crippen LogP contribution in [0.2, 0.25) is 0 Å². The molecule has 0 fully saturated rings. The van der Waals surface area contributed by atoms with Crippen LogP contribution in [0.4, 0.5) is 0 Å². The van der Waals surface area contributed by atoms with Crippen LogP contribution < -0.4 is 33.6 Å². The maximum absolute atomic E-state index is 2.63. The van der Waals surface area contributed by atoms with E-state index in [1.165, 1.54) is 33.4 Å². The molecule has 6 rings (SSSR count). The molecule has 0 atom stereocenters. The Balaban J connectivity index is 0.00000221. The number of hydrogen-bond acceptors (Lipinski definition) is 0. The van der Waals surface area contributed by atoms with E-state index in [-0.39, 0.29) is 24.8 Å². The van der Waals surface area contributed by atoms with Crippen LogP contribution in [0.15, 0.2) is 139 Å². The molecule has 0 spiro atoms. The average molecular weight is 843 g/mol. The number of rotatable bonds is 8.